The number of aliphatic hydroxyl groups excluding tert-OH is 1. The summed E-state index contributed by atoms with van der Waals surface area (Å²) in [6.45, 7) is 4.01. The van der Waals surface area contributed by atoms with E-state index in [1.54, 1.807) is 11.3 Å². The molecule has 5 heteroatoms. The number of hydrogen-bond donors (Lipinski definition) is 1. The van der Waals surface area contributed by atoms with E-state index in [0.29, 0.717) is 0 Å². The lowest BCUT2D eigenvalue weighted by Gasteiger charge is -2.29. The van der Waals surface area contributed by atoms with Crippen LogP contribution >= 0.6 is 11.3 Å². The van der Waals surface area contributed by atoms with Crippen molar-refractivity contribution in [3.05, 3.63) is 40.3 Å². The molecule has 0 radical (unpaired) electrons. The van der Waals surface area contributed by atoms with Crippen LogP contribution in [-0.2, 0) is 20.1 Å². The molecule has 4 nitrogen and oxygen atoms in total. The van der Waals surface area contributed by atoms with Crippen LogP contribution in [0.2, 0.25) is 0 Å². The Morgan fingerprint density at radius 3 is 2.74 bits per heavy atom. The fourth-order valence-corrected chi connectivity index (χ4v) is 2.88. The Balaban J connectivity index is 2.09. The summed E-state index contributed by atoms with van der Waals surface area (Å²) in [5, 5.41) is 18.0. The highest BCUT2D eigenvalue weighted by atomic mass is 32.1. The molecule has 0 saturated carbocycles. The number of thiophene rings is 1. The number of rotatable bonds is 7. The molecule has 0 aliphatic carbocycles. The van der Waals surface area contributed by atoms with Crippen LogP contribution in [0.1, 0.15) is 24.5 Å². The van der Waals surface area contributed by atoms with E-state index >= 15 is 0 Å². The molecule has 1 unspecified atom stereocenters. The Kier molecular flexibility index (Phi) is 5.13. The third-order valence-corrected chi connectivity index (χ3v) is 4.04. The summed E-state index contributed by atoms with van der Waals surface area (Å²) in [6, 6.07) is 2.34. The maximum atomic E-state index is 9.55. The van der Waals surface area contributed by atoms with Crippen LogP contribution < -0.4 is 0 Å². The zero-order valence-corrected chi connectivity index (χ0v) is 12.3. The maximum absolute atomic E-state index is 9.55. The van der Waals surface area contributed by atoms with Gasteiger partial charge in [-0.05, 0) is 28.8 Å². The molecule has 19 heavy (non-hydrogen) atoms. The van der Waals surface area contributed by atoms with Crippen molar-refractivity contribution in [1.29, 1.82) is 0 Å². The van der Waals surface area contributed by atoms with Crippen molar-refractivity contribution in [2.75, 3.05) is 6.61 Å². The molecule has 2 aromatic heterocycles. The zero-order chi connectivity index (χ0) is 13.7. The average Bonchev–Trinajstić information content (AvgIpc) is 3.03. The second-order valence-electron chi connectivity index (χ2n) is 4.80. The van der Waals surface area contributed by atoms with Crippen LogP contribution in [0, 0.1) is 0 Å². The summed E-state index contributed by atoms with van der Waals surface area (Å²) in [6.07, 6.45) is 4.87. The molecule has 0 aromatic carbocycles. The van der Waals surface area contributed by atoms with Crippen molar-refractivity contribution < 1.29 is 5.11 Å². The summed E-state index contributed by atoms with van der Waals surface area (Å²) < 4.78 is 1.82. The largest absolute Gasteiger partial charge is 0.395 e. The SMILES string of the molecule is CCC(CO)N(Cc1ccsc1)Cc1cnn(C)c1. The van der Waals surface area contributed by atoms with Gasteiger partial charge in [0.1, 0.15) is 0 Å². The first-order chi connectivity index (χ1) is 9.22. The molecule has 2 rings (SSSR count). The number of nitrogens with zero attached hydrogens (tertiary/aromatic N) is 3. The Morgan fingerprint density at radius 2 is 2.21 bits per heavy atom. The van der Waals surface area contributed by atoms with E-state index in [1.165, 1.54) is 11.1 Å². The molecule has 2 aromatic rings. The van der Waals surface area contributed by atoms with Gasteiger partial charge in [0.15, 0.2) is 0 Å². The summed E-state index contributed by atoms with van der Waals surface area (Å²) in [7, 11) is 1.93. The fraction of sp³-hybridized carbons (Fsp3) is 0.500. The molecule has 0 bridgehead atoms. The Bertz CT molecular complexity index is 477. The highest BCUT2D eigenvalue weighted by Gasteiger charge is 2.17. The molecular weight excluding hydrogens is 258 g/mol. The van der Waals surface area contributed by atoms with E-state index in [0.717, 1.165) is 19.5 Å². The Hall–Kier alpha value is -1.17. The average molecular weight is 279 g/mol. The van der Waals surface area contributed by atoms with Gasteiger partial charge >= 0.3 is 0 Å². The second kappa shape index (κ2) is 6.84. The summed E-state index contributed by atoms with van der Waals surface area (Å²) in [4.78, 5) is 2.32. The van der Waals surface area contributed by atoms with Gasteiger partial charge in [-0.1, -0.05) is 6.92 Å². The highest BCUT2D eigenvalue weighted by Crippen LogP contribution is 2.16. The van der Waals surface area contributed by atoms with Gasteiger partial charge in [0.05, 0.1) is 12.8 Å². The molecule has 0 aliphatic rings. The maximum Gasteiger partial charge on any atom is 0.0587 e. The molecule has 2 heterocycles. The topological polar surface area (TPSA) is 41.3 Å². The van der Waals surface area contributed by atoms with Gasteiger partial charge in [0, 0.05) is 37.9 Å². The van der Waals surface area contributed by atoms with Crippen molar-refractivity contribution in [2.24, 2.45) is 7.05 Å². The van der Waals surface area contributed by atoms with Crippen LogP contribution in [0.25, 0.3) is 0 Å². The monoisotopic (exact) mass is 279 g/mol. The van der Waals surface area contributed by atoms with Crippen molar-refractivity contribution in [1.82, 2.24) is 14.7 Å². The van der Waals surface area contributed by atoms with E-state index in [-0.39, 0.29) is 12.6 Å². The number of aryl methyl sites for hydroxylation is 1. The van der Waals surface area contributed by atoms with Crippen molar-refractivity contribution in [3.8, 4) is 0 Å². The lowest BCUT2D eigenvalue weighted by molar-refractivity contribution is 0.107. The Morgan fingerprint density at radius 1 is 1.42 bits per heavy atom. The first kappa shape index (κ1) is 14.2. The quantitative estimate of drug-likeness (QED) is 0.845. The van der Waals surface area contributed by atoms with Gasteiger partial charge < -0.3 is 5.11 Å². The number of aromatic nitrogens is 2. The fourth-order valence-electron chi connectivity index (χ4n) is 2.22. The minimum atomic E-state index is 0.195. The van der Waals surface area contributed by atoms with Crippen LogP contribution in [0.4, 0.5) is 0 Å². The summed E-state index contributed by atoms with van der Waals surface area (Å²) >= 11 is 1.71. The second-order valence-corrected chi connectivity index (χ2v) is 5.58. The molecular formula is C14H21N3OS. The van der Waals surface area contributed by atoms with E-state index < -0.39 is 0 Å². The third kappa shape index (κ3) is 3.89. The van der Waals surface area contributed by atoms with Crippen LogP contribution in [-0.4, -0.2) is 32.4 Å². The highest BCUT2D eigenvalue weighted by molar-refractivity contribution is 7.07. The zero-order valence-electron chi connectivity index (χ0n) is 11.5. The minimum Gasteiger partial charge on any atom is -0.395 e. The van der Waals surface area contributed by atoms with Gasteiger partial charge in [0.25, 0.3) is 0 Å². The molecule has 1 N–H and O–H groups in total. The summed E-state index contributed by atoms with van der Waals surface area (Å²) in [5.41, 5.74) is 2.49. The van der Waals surface area contributed by atoms with Crippen LogP contribution in [0.15, 0.2) is 29.2 Å². The molecule has 0 saturated heterocycles. The van der Waals surface area contributed by atoms with Crippen molar-refractivity contribution in [3.63, 3.8) is 0 Å². The lowest BCUT2D eigenvalue weighted by atomic mass is 10.1. The predicted octanol–water partition coefficient (Wildman–Crippen LogP) is 2.25. The standard InChI is InChI=1S/C14H21N3OS/c1-3-14(10-18)17(8-12-4-5-19-11-12)9-13-6-15-16(2)7-13/h4-7,11,14,18H,3,8-10H2,1-2H3. The smallest absolute Gasteiger partial charge is 0.0587 e. The van der Waals surface area contributed by atoms with Gasteiger partial charge in [-0.3, -0.25) is 9.58 Å². The van der Waals surface area contributed by atoms with Crippen molar-refractivity contribution >= 4 is 11.3 Å². The van der Waals surface area contributed by atoms with Gasteiger partial charge in [-0.2, -0.15) is 16.4 Å². The lowest BCUT2D eigenvalue weighted by Crippen LogP contribution is -2.36. The molecule has 0 aliphatic heterocycles. The van der Waals surface area contributed by atoms with E-state index in [4.69, 9.17) is 0 Å². The van der Waals surface area contributed by atoms with E-state index in [9.17, 15) is 5.11 Å². The molecule has 104 valence electrons. The molecule has 0 amide bonds. The minimum absolute atomic E-state index is 0.195. The normalized spacial score (nSPS) is 13.1. The predicted molar refractivity (Wildman–Crippen MR) is 77.9 cm³/mol. The van der Waals surface area contributed by atoms with E-state index in [2.05, 4.69) is 33.7 Å². The number of hydrogen-bond acceptors (Lipinski definition) is 4. The van der Waals surface area contributed by atoms with Gasteiger partial charge in [0.2, 0.25) is 0 Å². The Labute approximate surface area is 118 Å². The third-order valence-electron chi connectivity index (χ3n) is 3.31. The van der Waals surface area contributed by atoms with Gasteiger partial charge in [-0.15, -0.1) is 0 Å². The van der Waals surface area contributed by atoms with Crippen molar-refractivity contribution in [2.45, 2.75) is 32.5 Å². The first-order valence-electron chi connectivity index (χ1n) is 6.56. The number of aliphatic hydroxyl groups is 1. The molecule has 1 atom stereocenters. The first-order valence-corrected chi connectivity index (χ1v) is 7.50. The van der Waals surface area contributed by atoms with Crippen LogP contribution in [0.3, 0.4) is 0 Å². The molecule has 0 fully saturated rings. The molecule has 0 spiro atoms. The van der Waals surface area contributed by atoms with E-state index in [1.807, 2.05) is 24.1 Å². The van der Waals surface area contributed by atoms with Crippen LogP contribution in [0.5, 0.6) is 0 Å². The van der Waals surface area contributed by atoms with Gasteiger partial charge in [-0.25, -0.2) is 0 Å². The summed E-state index contributed by atoms with van der Waals surface area (Å²) in [5.74, 6) is 0.